The van der Waals surface area contributed by atoms with Gasteiger partial charge in [0.1, 0.15) is 12.3 Å². The van der Waals surface area contributed by atoms with Gasteiger partial charge in [0.05, 0.1) is 4.83 Å². The average molecular weight is 266 g/mol. The topological polar surface area (TPSA) is 0 Å². The molecule has 0 aromatic heterocycles. The fourth-order valence-electron chi connectivity index (χ4n) is 0.245. The van der Waals surface area contributed by atoms with Gasteiger partial charge in [-0.05, 0) is 6.92 Å². The minimum absolute atomic E-state index is 0.153. The molecule has 0 saturated heterocycles. The molecule has 0 radical (unpaired) electrons. The van der Waals surface area contributed by atoms with E-state index in [1.807, 2.05) is 0 Å². The van der Waals surface area contributed by atoms with Crippen LogP contribution in [0.15, 0.2) is 0 Å². The lowest BCUT2D eigenvalue weighted by Crippen LogP contribution is -2.33. The molecule has 9 heavy (non-hydrogen) atoms. The van der Waals surface area contributed by atoms with Gasteiger partial charge in [0.15, 0.2) is 0 Å². The van der Waals surface area contributed by atoms with Crippen LogP contribution in [0.1, 0.15) is 6.92 Å². The maximum atomic E-state index is 12.9. The van der Waals surface area contributed by atoms with E-state index in [2.05, 4.69) is 31.9 Å². The first-order valence-electron chi connectivity index (χ1n) is 2.49. The van der Waals surface area contributed by atoms with Crippen LogP contribution in [0.3, 0.4) is 0 Å². The SMILES string of the molecule is CC(F)(CBr)C(Br)CF. The van der Waals surface area contributed by atoms with Crippen molar-refractivity contribution in [1.29, 1.82) is 0 Å². The number of alkyl halides is 4. The number of rotatable bonds is 3. The van der Waals surface area contributed by atoms with Gasteiger partial charge in [0, 0.05) is 5.33 Å². The largest absolute Gasteiger partial charge is 0.250 e. The van der Waals surface area contributed by atoms with Crippen LogP contribution in [0.4, 0.5) is 8.78 Å². The fourth-order valence-corrected chi connectivity index (χ4v) is 1.23. The highest BCUT2D eigenvalue weighted by Gasteiger charge is 2.30. The monoisotopic (exact) mass is 264 g/mol. The summed E-state index contributed by atoms with van der Waals surface area (Å²) in [5.41, 5.74) is -1.49. The molecule has 0 bridgehead atoms. The standard InChI is InChI=1S/C5H8Br2F2/c1-5(9,3-6)4(7)2-8/h4H,2-3H2,1H3. The van der Waals surface area contributed by atoms with Gasteiger partial charge in [0.25, 0.3) is 0 Å². The van der Waals surface area contributed by atoms with Gasteiger partial charge in [-0.1, -0.05) is 31.9 Å². The van der Waals surface area contributed by atoms with Crippen molar-refractivity contribution in [3.05, 3.63) is 0 Å². The predicted molar refractivity (Wildman–Crippen MR) is 42.0 cm³/mol. The Labute approximate surface area is 70.3 Å². The van der Waals surface area contributed by atoms with E-state index in [1.165, 1.54) is 6.92 Å². The molecule has 0 aromatic carbocycles. The molecule has 0 aliphatic carbocycles. The Bertz CT molecular complexity index is 85.0. The maximum absolute atomic E-state index is 12.9. The second kappa shape index (κ2) is 3.86. The van der Waals surface area contributed by atoms with Gasteiger partial charge < -0.3 is 0 Å². The van der Waals surface area contributed by atoms with E-state index in [9.17, 15) is 8.78 Å². The van der Waals surface area contributed by atoms with Crippen LogP contribution in [0.5, 0.6) is 0 Å². The van der Waals surface area contributed by atoms with Gasteiger partial charge in [-0.3, -0.25) is 0 Å². The lowest BCUT2D eigenvalue weighted by molar-refractivity contribution is 0.203. The molecule has 0 aromatic rings. The molecule has 0 amide bonds. The highest BCUT2D eigenvalue weighted by molar-refractivity contribution is 9.10. The zero-order valence-corrected chi connectivity index (χ0v) is 8.18. The highest BCUT2D eigenvalue weighted by atomic mass is 79.9. The quantitative estimate of drug-likeness (QED) is 0.689. The lowest BCUT2D eigenvalue weighted by atomic mass is 10.1. The molecule has 0 aliphatic heterocycles. The van der Waals surface area contributed by atoms with Gasteiger partial charge in [-0.25, -0.2) is 8.78 Å². The molecule has 0 fully saturated rings. The Balaban J connectivity index is 3.80. The molecule has 56 valence electrons. The Morgan fingerprint density at radius 3 is 2.22 bits per heavy atom. The van der Waals surface area contributed by atoms with E-state index < -0.39 is 17.2 Å². The van der Waals surface area contributed by atoms with Crippen LogP contribution >= 0.6 is 31.9 Å². The van der Waals surface area contributed by atoms with Crippen LogP contribution in [0, 0.1) is 0 Å². The minimum atomic E-state index is -1.49. The van der Waals surface area contributed by atoms with E-state index >= 15 is 0 Å². The third-order valence-electron chi connectivity index (χ3n) is 1.05. The third kappa shape index (κ3) is 2.94. The highest BCUT2D eigenvalue weighted by Crippen LogP contribution is 2.24. The summed E-state index contributed by atoms with van der Waals surface area (Å²) >= 11 is 5.82. The van der Waals surface area contributed by atoms with Crippen LogP contribution in [0.25, 0.3) is 0 Å². The van der Waals surface area contributed by atoms with Crippen molar-refractivity contribution in [3.63, 3.8) is 0 Å². The van der Waals surface area contributed by atoms with E-state index in [-0.39, 0.29) is 5.33 Å². The second-order valence-corrected chi connectivity index (χ2v) is 3.70. The van der Waals surface area contributed by atoms with Gasteiger partial charge in [-0.15, -0.1) is 0 Å². The van der Waals surface area contributed by atoms with Crippen molar-refractivity contribution in [2.45, 2.75) is 17.4 Å². The summed E-state index contributed by atoms with van der Waals surface area (Å²) in [5.74, 6) is 0. The van der Waals surface area contributed by atoms with Crippen molar-refractivity contribution in [3.8, 4) is 0 Å². The van der Waals surface area contributed by atoms with E-state index in [0.29, 0.717) is 0 Å². The molecule has 0 spiro atoms. The van der Waals surface area contributed by atoms with Gasteiger partial charge in [-0.2, -0.15) is 0 Å². The van der Waals surface area contributed by atoms with E-state index in [0.717, 1.165) is 0 Å². The first-order valence-corrected chi connectivity index (χ1v) is 4.53. The van der Waals surface area contributed by atoms with Crippen LogP contribution in [0.2, 0.25) is 0 Å². The van der Waals surface area contributed by atoms with E-state index in [1.54, 1.807) is 0 Å². The molecule has 0 rings (SSSR count). The van der Waals surface area contributed by atoms with Crippen LogP contribution in [-0.4, -0.2) is 22.5 Å². The second-order valence-electron chi connectivity index (χ2n) is 2.03. The Kier molecular flexibility index (Phi) is 4.21. The van der Waals surface area contributed by atoms with Crippen LogP contribution < -0.4 is 0 Å². The van der Waals surface area contributed by atoms with Crippen LogP contribution in [-0.2, 0) is 0 Å². The average Bonchev–Trinajstić information content (AvgIpc) is 1.86. The zero-order chi connectivity index (χ0) is 7.49. The van der Waals surface area contributed by atoms with Gasteiger partial charge in [0.2, 0.25) is 0 Å². The summed E-state index contributed by atoms with van der Waals surface area (Å²) in [7, 11) is 0. The summed E-state index contributed by atoms with van der Waals surface area (Å²) in [6.45, 7) is 0.666. The van der Waals surface area contributed by atoms with Crippen molar-refractivity contribution in [2.75, 3.05) is 12.0 Å². The van der Waals surface area contributed by atoms with Gasteiger partial charge >= 0.3 is 0 Å². The Morgan fingerprint density at radius 2 is 2.11 bits per heavy atom. The summed E-state index contributed by atoms with van der Waals surface area (Å²) in [6, 6.07) is 0. The van der Waals surface area contributed by atoms with E-state index in [4.69, 9.17) is 0 Å². The molecule has 0 nitrogen and oxygen atoms in total. The first-order chi connectivity index (χ1) is 4.04. The smallest absolute Gasteiger partial charge is 0.132 e. The lowest BCUT2D eigenvalue weighted by Gasteiger charge is -2.20. The summed E-state index contributed by atoms with van der Waals surface area (Å²) in [6.07, 6.45) is 0. The summed E-state index contributed by atoms with van der Waals surface area (Å²) < 4.78 is 24.6. The molecular weight excluding hydrogens is 258 g/mol. The predicted octanol–water partition coefficient (Wildman–Crippen LogP) is 2.84. The first kappa shape index (κ1) is 9.82. The number of hydrogen-bond acceptors (Lipinski definition) is 0. The molecule has 2 atom stereocenters. The fraction of sp³-hybridized carbons (Fsp3) is 1.00. The molecule has 4 heteroatoms. The normalized spacial score (nSPS) is 21.0. The van der Waals surface area contributed by atoms with Crippen molar-refractivity contribution >= 4 is 31.9 Å². The molecular formula is C5H8Br2F2. The molecule has 0 aliphatic rings. The zero-order valence-electron chi connectivity index (χ0n) is 5.00. The Morgan fingerprint density at radius 1 is 1.67 bits per heavy atom. The molecule has 2 unspecified atom stereocenters. The Hall–Kier alpha value is 0.820. The van der Waals surface area contributed by atoms with Crippen molar-refractivity contribution in [2.24, 2.45) is 0 Å². The maximum Gasteiger partial charge on any atom is 0.132 e. The van der Waals surface area contributed by atoms with Crippen molar-refractivity contribution in [1.82, 2.24) is 0 Å². The molecule has 0 N–H and O–H groups in total. The molecule has 0 heterocycles. The number of hydrogen-bond donors (Lipinski definition) is 0. The minimum Gasteiger partial charge on any atom is -0.250 e. The summed E-state index contributed by atoms with van der Waals surface area (Å²) in [4.78, 5) is -0.704. The summed E-state index contributed by atoms with van der Waals surface area (Å²) in [5, 5.41) is 0.153. The molecule has 0 saturated carbocycles. The van der Waals surface area contributed by atoms with Crippen molar-refractivity contribution < 1.29 is 8.78 Å². The third-order valence-corrected chi connectivity index (χ3v) is 3.35. The number of halogens is 4.